The zero-order chi connectivity index (χ0) is 19.8. The third-order valence-corrected chi connectivity index (χ3v) is 6.13. The van der Waals surface area contributed by atoms with Crippen molar-refractivity contribution in [3.63, 3.8) is 0 Å². The number of hydrogen-bond donors (Lipinski definition) is 1. The number of hydrogen-bond acceptors (Lipinski definition) is 5. The average Bonchev–Trinajstić information content (AvgIpc) is 2.67. The molecule has 0 amide bonds. The molecule has 146 valence electrons. The van der Waals surface area contributed by atoms with E-state index in [9.17, 15) is 9.90 Å². The lowest BCUT2D eigenvalue weighted by molar-refractivity contribution is -0.205. The first-order chi connectivity index (χ1) is 12.8. The predicted octanol–water partition coefficient (Wildman–Crippen LogP) is 3.76. The Morgan fingerprint density at radius 1 is 1.22 bits per heavy atom. The number of aromatic nitrogens is 2. The van der Waals surface area contributed by atoms with Crippen molar-refractivity contribution >= 4 is 15.9 Å². The zero-order valence-corrected chi connectivity index (χ0v) is 17.6. The summed E-state index contributed by atoms with van der Waals surface area (Å²) in [6.07, 6.45) is 1.01. The SMILES string of the molecule is CCC1(CC)Oc2ccc(Br)cc2C(Oc2ccc(=O)n(C)n2)C1(O)CC. The first-order valence-electron chi connectivity index (χ1n) is 9.22. The third kappa shape index (κ3) is 3.17. The molecule has 0 radical (unpaired) electrons. The van der Waals surface area contributed by atoms with Crippen LogP contribution in [-0.2, 0) is 7.05 Å². The monoisotopic (exact) mass is 436 g/mol. The quantitative estimate of drug-likeness (QED) is 0.772. The third-order valence-electron chi connectivity index (χ3n) is 5.64. The molecular weight excluding hydrogens is 412 g/mol. The Balaban J connectivity index is 2.18. The molecule has 0 aliphatic carbocycles. The maximum atomic E-state index is 11.8. The van der Waals surface area contributed by atoms with E-state index in [1.807, 2.05) is 39.0 Å². The zero-order valence-electron chi connectivity index (χ0n) is 16.0. The molecule has 7 heteroatoms. The van der Waals surface area contributed by atoms with Crippen LogP contribution in [-0.4, -0.2) is 26.1 Å². The van der Waals surface area contributed by atoms with Crippen LogP contribution in [0.3, 0.4) is 0 Å². The second-order valence-electron chi connectivity index (χ2n) is 6.89. The number of halogens is 1. The van der Waals surface area contributed by atoms with Crippen LogP contribution in [0, 0.1) is 0 Å². The fourth-order valence-electron chi connectivity index (χ4n) is 3.95. The second-order valence-corrected chi connectivity index (χ2v) is 7.81. The highest BCUT2D eigenvalue weighted by molar-refractivity contribution is 9.10. The predicted molar refractivity (Wildman–Crippen MR) is 106 cm³/mol. The summed E-state index contributed by atoms with van der Waals surface area (Å²) in [6.45, 7) is 5.95. The van der Waals surface area contributed by atoms with Crippen LogP contribution in [0.1, 0.15) is 51.7 Å². The van der Waals surface area contributed by atoms with E-state index in [1.54, 1.807) is 7.05 Å². The lowest BCUT2D eigenvalue weighted by atomic mass is 9.69. The van der Waals surface area contributed by atoms with E-state index in [1.165, 1.54) is 16.8 Å². The van der Waals surface area contributed by atoms with E-state index < -0.39 is 17.3 Å². The lowest BCUT2D eigenvalue weighted by Crippen LogP contribution is -2.63. The molecule has 2 aromatic rings. The van der Waals surface area contributed by atoms with Crippen molar-refractivity contribution in [1.82, 2.24) is 9.78 Å². The van der Waals surface area contributed by atoms with E-state index in [0.29, 0.717) is 25.0 Å². The summed E-state index contributed by atoms with van der Waals surface area (Å²) in [6, 6.07) is 8.64. The fourth-order valence-corrected chi connectivity index (χ4v) is 4.33. The van der Waals surface area contributed by atoms with Gasteiger partial charge in [-0.05, 0) is 37.5 Å². The number of fused-ring (bicyclic) bond motifs is 1. The van der Waals surface area contributed by atoms with Gasteiger partial charge in [0.25, 0.3) is 5.56 Å². The highest BCUT2D eigenvalue weighted by Crippen LogP contribution is 2.52. The van der Waals surface area contributed by atoms with E-state index in [-0.39, 0.29) is 11.4 Å². The summed E-state index contributed by atoms with van der Waals surface area (Å²) in [5, 5.41) is 16.0. The summed E-state index contributed by atoms with van der Waals surface area (Å²) in [5.41, 5.74) is -1.52. The van der Waals surface area contributed by atoms with Crippen LogP contribution in [0.4, 0.5) is 0 Å². The van der Waals surface area contributed by atoms with E-state index in [4.69, 9.17) is 9.47 Å². The van der Waals surface area contributed by atoms with Crippen LogP contribution in [0.5, 0.6) is 11.6 Å². The molecular formula is C20H25BrN2O4. The van der Waals surface area contributed by atoms with Crippen LogP contribution in [0.2, 0.25) is 0 Å². The molecule has 0 bridgehead atoms. The number of benzene rings is 1. The molecule has 27 heavy (non-hydrogen) atoms. The molecule has 3 rings (SSSR count). The van der Waals surface area contributed by atoms with E-state index >= 15 is 0 Å². The Hall–Kier alpha value is -1.86. The van der Waals surface area contributed by atoms with Crippen molar-refractivity contribution in [1.29, 1.82) is 0 Å². The van der Waals surface area contributed by atoms with Gasteiger partial charge >= 0.3 is 0 Å². The maximum absolute atomic E-state index is 11.8. The van der Waals surface area contributed by atoms with Gasteiger partial charge < -0.3 is 14.6 Å². The normalized spacial score (nSPS) is 23.4. The Morgan fingerprint density at radius 3 is 2.52 bits per heavy atom. The van der Waals surface area contributed by atoms with Crippen LogP contribution in [0.25, 0.3) is 0 Å². The van der Waals surface area contributed by atoms with Crippen molar-refractivity contribution in [2.24, 2.45) is 7.05 Å². The number of aliphatic hydroxyl groups is 1. The molecule has 1 aliphatic rings. The van der Waals surface area contributed by atoms with Gasteiger partial charge in [0, 0.05) is 29.2 Å². The minimum Gasteiger partial charge on any atom is -0.484 e. The molecule has 1 aliphatic heterocycles. The largest absolute Gasteiger partial charge is 0.484 e. The second kappa shape index (κ2) is 7.28. The fraction of sp³-hybridized carbons (Fsp3) is 0.500. The minimum atomic E-state index is -1.26. The van der Waals surface area contributed by atoms with E-state index in [2.05, 4.69) is 21.0 Å². The summed E-state index contributed by atoms with van der Waals surface area (Å²) in [5.74, 6) is 0.970. The molecule has 2 heterocycles. The Labute approximate surface area is 167 Å². The van der Waals surface area contributed by atoms with Gasteiger partial charge in [-0.15, -0.1) is 5.10 Å². The first kappa shape index (κ1) is 19.9. The summed E-state index contributed by atoms with van der Waals surface area (Å²) in [4.78, 5) is 11.7. The number of rotatable bonds is 5. The molecule has 1 aromatic heterocycles. The molecule has 2 unspecified atom stereocenters. The van der Waals surface area contributed by atoms with Crippen LogP contribution >= 0.6 is 15.9 Å². The van der Waals surface area contributed by atoms with Crippen molar-refractivity contribution in [2.45, 2.75) is 57.3 Å². The molecule has 0 saturated carbocycles. The van der Waals surface area contributed by atoms with Gasteiger partial charge in [0.1, 0.15) is 17.0 Å². The summed E-state index contributed by atoms with van der Waals surface area (Å²) >= 11 is 3.49. The maximum Gasteiger partial charge on any atom is 0.266 e. The van der Waals surface area contributed by atoms with Gasteiger partial charge in [-0.2, -0.15) is 0 Å². The van der Waals surface area contributed by atoms with Gasteiger partial charge in [0.15, 0.2) is 6.10 Å². The van der Waals surface area contributed by atoms with Crippen LogP contribution < -0.4 is 15.0 Å². The molecule has 0 fully saturated rings. The van der Waals surface area contributed by atoms with Crippen molar-refractivity contribution in [2.75, 3.05) is 0 Å². The van der Waals surface area contributed by atoms with Gasteiger partial charge in [-0.3, -0.25) is 4.79 Å². The number of ether oxygens (including phenoxy) is 2. The highest BCUT2D eigenvalue weighted by atomic mass is 79.9. The van der Waals surface area contributed by atoms with Crippen molar-refractivity contribution in [3.8, 4) is 11.6 Å². The van der Waals surface area contributed by atoms with Crippen molar-refractivity contribution < 1.29 is 14.6 Å². The lowest BCUT2D eigenvalue weighted by Gasteiger charge is -2.53. The molecule has 6 nitrogen and oxygen atoms in total. The summed E-state index contributed by atoms with van der Waals surface area (Å²) in [7, 11) is 1.57. The molecule has 1 aromatic carbocycles. The molecule has 2 atom stereocenters. The van der Waals surface area contributed by atoms with Crippen LogP contribution in [0.15, 0.2) is 39.6 Å². The highest BCUT2D eigenvalue weighted by Gasteiger charge is 2.59. The van der Waals surface area contributed by atoms with Gasteiger partial charge in [-0.25, -0.2) is 4.68 Å². The van der Waals surface area contributed by atoms with Gasteiger partial charge in [-0.1, -0.05) is 36.7 Å². The number of aryl methyl sites for hydroxylation is 1. The minimum absolute atomic E-state index is 0.223. The van der Waals surface area contributed by atoms with Gasteiger partial charge in [0.2, 0.25) is 5.88 Å². The smallest absolute Gasteiger partial charge is 0.266 e. The molecule has 0 saturated heterocycles. The van der Waals surface area contributed by atoms with Crippen molar-refractivity contribution in [3.05, 3.63) is 50.7 Å². The average molecular weight is 437 g/mol. The molecule has 1 N–H and O–H groups in total. The standard InChI is InChI=1S/C20H25BrN2O4/c1-5-19(6-2)20(25,7-3)18(14-12-13(21)8-9-15(14)27-19)26-16-10-11-17(24)23(4)22-16/h8-12,18,25H,5-7H2,1-4H3. The Kier molecular flexibility index (Phi) is 5.36. The summed E-state index contributed by atoms with van der Waals surface area (Å²) < 4.78 is 14.7. The topological polar surface area (TPSA) is 73.6 Å². The Bertz CT molecular complexity index is 894. The molecule has 0 spiro atoms. The number of nitrogens with zero attached hydrogens (tertiary/aromatic N) is 2. The first-order valence-corrected chi connectivity index (χ1v) is 10.0. The van der Waals surface area contributed by atoms with Gasteiger partial charge in [0.05, 0.1) is 0 Å². The van der Waals surface area contributed by atoms with E-state index in [0.717, 1.165) is 10.0 Å². The Morgan fingerprint density at radius 2 is 1.93 bits per heavy atom.